The van der Waals surface area contributed by atoms with E-state index >= 15 is 0 Å². The summed E-state index contributed by atoms with van der Waals surface area (Å²) in [6.07, 6.45) is -0.0857. The number of rotatable bonds is 6. The molecule has 0 N–H and O–H groups in total. The van der Waals surface area contributed by atoms with Gasteiger partial charge in [0.25, 0.3) is 0 Å². The van der Waals surface area contributed by atoms with Gasteiger partial charge < -0.3 is 4.74 Å². The minimum atomic E-state index is -0.613. The first-order valence-electron chi connectivity index (χ1n) is 11.7. The van der Waals surface area contributed by atoms with E-state index in [-0.39, 0.29) is 29.5 Å². The summed E-state index contributed by atoms with van der Waals surface area (Å²) in [5.74, 6) is -1.57. The van der Waals surface area contributed by atoms with Crippen LogP contribution in [0.3, 0.4) is 0 Å². The molecule has 180 valence electrons. The Hall–Kier alpha value is -3.22. The Kier molecular flexibility index (Phi) is 6.84. The van der Waals surface area contributed by atoms with Crippen molar-refractivity contribution in [1.29, 1.82) is 0 Å². The highest BCUT2D eigenvalue weighted by atomic mass is 35.5. The molecule has 0 spiro atoms. The highest BCUT2D eigenvalue weighted by Gasteiger charge is 2.46. The van der Waals surface area contributed by atoms with Gasteiger partial charge in [0.1, 0.15) is 12.4 Å². The molecular formula is C28H26ClFN2O3. The summed E-state index contributed by atoms with van der Waals surface area (Å²) in [5, 5.41) is 0.0433. The molecule has 3 atom stereocenters. The lowest BCUT2D eigenvalue weighted by Crippen LogP contribution is -2.45. The van der Waals surface area contributed by atoms with Crippen LogP contribution in [-0.4, -0.2) is 47.5 Å². The van der Waals surface area contributed by atoms with Crippen molar-refractivity contribution in [2.45, 2.75) is 24.9 Å². The lowest BCUT2D eigenvalue weighted by atomic mass is 9.87. The van der Waals surface area contributed by atoms with Gasteiger partial charge >= 0.3 is 6.09 Å². The number of ether oxygens (including phenoxy) is 1. The quantitative estimate of drug-likeness (QED) is 0.469. The largest absolute Gasteiger partial charge is 0.447 e. The van der Waals surface area contributed by atoms with Gasteiger partial charge in [-0.2, -0.15) is 0 Å². The minimum absolute atomic E-state index is 0.0433. The van der Waals surface area contributed by atoms with Crippen LogP contribution < -0.4 is 0 Å². The SMILES string of the molecule is O=C1OCC(Cc2ccccc2)N1C(=O)[C@@H]1CN(Cc2ccccc2)C[C@H]1c1ccc(Cl)c(F)c1. The maximum absolute atomic E-state index is 14.4. The number of cyclic esters (lactones) is 1. The second kappa shape index (κ2) is 10.2. The van der Waals surface area contributed by atoms with Gasteiger partial charge in [0.05, 0.1) is 17.0 Å². The zero-order valence-electron chi connectivity index (χ0n) is 19.1. The molecule has 7 heteroatoms. The van der Waals surface area contributed by atoms with Crippen LogP contribution in [0.5, 0.6) is 0 Å². The fourth-order valence-corrected chi connectivity index (χ4v) is 5.25. The maximum Gasteiger partial charge on any atom is 0.416 e. The van der Waals surface area contributed by atoms with Crippen LogP contribution in [0.1, 0.15) is 22.6 Å². The van der Waals surface area contributed by atoms with Crippen LogP contribution in [-0.2, 0) is 22.5 Å². The number of benzene rings is 3. The number of halogens is 2. The number of carbonyl (C=O) groups excluding carboxylic acids is 2. The van der Waals surface area contributed by atoms with Crippen molar-refractivity contribution < 1.29 is 18.7 Å². The van der Waals surface area contributed by atoms with Gasteiger partial charge in [-0.15, -0.1) is 0 Å². The van der Waals surface area contributed by atoms with Crippen molar-refractivity contribution in [3.63, 3.8) is 0 Å². The van der Waals surface area contributed by atoms with E-state index in [1.54, 1.807) is 6.07 Å². The molecule has 2 aliphatic heterocycles. The first kappa shape index (κ1) is 23.5. The van der Waals surface area contributed by atoms with E-state index in [0.29, 0.717) is 31.6 Å². The van der Waals surface area contributed by atoms with E-state index < -0.39 is 17.8 Å². The number of hydrogen-bond acceptors (Lipinski definition) is 4. The summed E-state index contributed by atoms with van der Waals surface area (Å²) in [7, 11) is 0. The van der Waals surface area contributed by atoms with Gasteiger partial charge in [-0.25, -0.2) is 14.1 Å². The number of amides is 2. The molecule has 2 fully saturated rings. The maximum atomic E-state index is 14.4. The lowest BCUT2D eigenvalue weighted by molar-refractivity contribution is -0.133. The average molecular weight is 493 g/mol. The van der Waals surface area contributed by atoms with Gasteiger partial charge in [0.15, 0.2) is 0 Å². The van der Waals surface area contributed by atoms with Crippen molar-refractivity contribution in [2.24, 2.45) is 5.92 Å². The third-order valence-electron chi connectivity index (χ3n) is 6.85. The smallest absolute Gasteiger partial charge is 0.416 e. The van der Waals surface area contributed by atoms with Gasteiger partial charge in [-0.1, -0.05) is 78.3 Å². The van der Waals surface area contributed by atoms with Crippen molar-refractivity contribution in [3.8, 4) is 0 Å². The summed E-state index contributed by atoms with van der Waals surface area (Å²) in [6.45, 7) is 1.86. The van der Waals surface area contributed by atoms with E-state index in [9.17, 15) is 14.0 Å². The number of imide groups is 1. The summed E-state index contributed by atoms with van der Waals surface area (Å²) in [5.41, 5.74) is 2.86. The molecule has 3 aromatic rings. The molecule has 5 nitrogen and oxygen atoms in total. The normalized spacial score (nSPS) is 22.4. The zero-order chi connectivity index (χ0) is 24.4. The second-order valence-electron chi connectivity index (χ2n) is 9.19. The van der Waals surface area contributed by atoms with E-state index in [2.05, 4.69) is 4.90 Å². The lowest BCUT2D eigenvalue weighted by Gasteiger charge is -2.26. The minimum Gasteiger partial charge on any atom is -0.447 e. The molecule has 1 unspecified atom stereocenters. The monoisotopic (exact) mass is 492 g/mol. The van der Waals surface area contributed by atoms with E-state index in [1.165, 1.54) is 17.0 Å². The standard InChI is InChI=1S/C28H26ClFN2O3/c29-25-12-11-21(14-26(25)30)23-16-31(15-20-9-5-2-6-10-20)17-24(23)27(33)32-22(18-35-28(32)34)13-19-7-3-1-4-8-19/h1-12,14,22-24H,13,15-18H2/t22?,23-,24+/m0/s1. The predicted octanol–water partition coefficient (Wildman–Crippen LogP) is 5.28. The Labute approximate surface area is 209 Å². The Morgan fingerprint density at radius 1 is 0.971 bits per heavy atom. The number of nitrogens with zero attached hydrogens (tertiary/aromatic N) is 2. The molecule has 5 rings (SSSR count). The first-order valence-corrected chi connectivity index (χ1v) is 12.1. The molecule has 3 aromatic carbocycles. The Balaban J connectivity index is 1.42. The molecular weight excluding hydrogens is 467 g/mol. The van der Waals surface area contributed by atoms with Gasteiger partial charge in [-0.3, -0.25) is 9.69 Å². The third-order valence-corrected chi connectivity index (χ3v) is 7.15. The molecule has 2 saturated heterocycles. The molecule has 0 radical (unpaired) electrons. The molecule has 2 amide bonds. The summed E-state index contributed by atoms with van der Waals surface area (Å²) >= 11 is 5.92. The molecule has 0 aromatic heterocycles. The van der Waals surface area contributed by atoms with Crippen LogP contribution in [0.15, 0.2) is 78.9 Å². The van der Waals surface area contributed by atoms with Gasteiger partial charge in [-0.05, 0) is 35.2 Å². The Morgan fingerprint density at radius 3 is 2.34 bits per heavy atom. The molecule has 35 heavy (non-hydrogen) atoms. The van der Waals surface area contributed by atoms with Gasteiger partial charge in [0.2, 0.25) is 5.91 Å². The third kappa shape index (κ3) is 5.09. The zero-order valence-corrected chi connectivity index (χ0v) is 19.9. The van der Waals surface area contributed by atoms with Crippen molar-refractivity contribution in [1.82, 2.24) is 9.80 Å². The van der Waals surface area contributed by atoms with Crippen LogP contribution in [0.2, 0.25) is 5.02 Å². The van der Waals surface area contributed by atoms with Crippen LogP contribution >= 0.6 is 11.6 Å². The molecule has 0 bridgehead atoms. The predicted molar refractivity (Wildman–Crippen MR) is 131 cm³/mol. The summed E-state index contributed by atoms with van der Waals surface area (Å²) < 4.78 is 19.7. The molecule has 0 saturated carbocycles. The molecule has 2 heterocycles. The molecule has 2 aliphatic rings. The molecule has 0 aliphatic carbocycles. The highest BCUT2D eigenvalue weighted by molar-refractivity contribution is 6.30. The van der Waals surface area contributed by atoms with E-state index in [1.807, 2.05) is 60.7 Å². The van der Waals surface area contributed by atoms with Crippen molar-refractivity contribution >= 4 is 23.6 Å². The van der Waals surface area contributed by atoms with Crippen molar-refractivity contribution in [2.75, 3.05) is 19.7 Å². The topological polar surface area (TPSA) is 49.9 Å². The van der Waals surface area contributed by atoms with Crippen LogP contribution in [0.25, 0.3) is 0 Å². The summed E-state index contributed by atoms with van der Waals surface area (Å²) in [4.78, 5) is 30.0. The van der Waals surface area contributed by atoms with Crippen LogP contribution in [0, 0.1) is 11.7 Å². The number of hydrogen-bond donors (Lipinski definition) is 0. The first-order chi connectivity index (χ1) is 17.0. The van der Waals surface area contributed by atoms with E-state index in [4.69, 9.17) is 16.3 Å². The average Bonchev–Trinajstić information content (AvgIpc) is 3.45. The second-order valence-corrected chi connectivity index (χ2v) is 9.60. The fraction of sp³-hybridized carbons (Fsp3) is 0.286. The highest BCUT2D eigenvalue weighted by Crippen LogP contribution is 2.37. The van der Waals surface area contributed by atoms with Crippen LogP contribution in [0.4, 0.5) is 9.18 Å². The van der Waals surface area contributed by atoms with Crippen molar-refractivity contribution in [3.05, 3.63) is 106 Å². The Bertz CT molecular complexity index is 1210. The number of likely N-dealkylation sites (tertiary alicyclic amines) is 1. The summed E-state index contributed by atoms with van der Waals surface area (Å²) in [6, 6.07) is 24.1. The Morgan fingerprint density at radius 2 is 1.66 bits per heavy atom. The van der Waals surface area contributed by atoms with E-state index in [0.717, 1.165) is 11.1 Å². The number of carbonyl (C=O) groups is 2. The van der Waals surface area contributed by atoms with Gasteiger partial charge in [0, 0.05) is 25.6 Å². The fourth-order valence-electron chi connectivity index (χ4n) is 5.13.